The molecule has 0 aromatic carbocycles. The van der Waals surface area contributed by atoms with Crippen LogP contribution in [0.1, 0.15) is 24.5 Å². The summed E-state index contributed by atoms with van der Waals surface area (Å²) < 4.78 is 2.00. The van der Waals surface area contributed by atoms with Gasteiger partial charge in [0.15, 0.2) is 5.65 Å². The summed E-state index contributed by atoms with van der Waals surface area (Å²) in [6.07, 6.45) is 8.02. The Hall–Kier alpha value is -2.27. The van der Waals surface area contributed by atoms with Gasteiger partial charge in [0.1, 0.15) is 0 Å². The van der Waals surface area contributed by atoms with E-state index >= 15 is 0 Å². The average molecular weight is 307 g/mol. The Bertz CT molecular complexity index is 760. The highest BCUT2D eigenvalue weighted by Crippen LogP contribution is 2.27. The fraction of sp³-hybridized carbons (Fsp3) is 0.389. The highest BCUT2D eigenvalue weighted by molar-refractivity contribution is 5.74. The van der Waals surface area contributed by atoms with Crippen LogP contribution in [-0.2, 0) is 6.54 Å². The largest absolute Gasteiger partial charge is 0.301 e. The molecule has 0 atom stereocenters. The molecule has 0 amide bonds. The van der Waals surface area contributed by atoms with E-state index in [1.165, 1.54) is 18.5 Å². The smallest absolute Gasteiger partial charge is 0.159 e. The summed E-state index contributed by atoms with van der Waals surface area (Å²) in [7, 11) is 0. The van der Waals surface area contributed by atoms with Crippen molar-refractivity contribution in [3.63, 3.8) is 0 Å². The molecule has 5 heteroatoms. The lowest BCUT2D eigenvalue weighted by atomic mass is 9.93. The van der Waals surface area contributed by atoms with Gasteiger partial charge in [-0.2, -0.15) is 5.10 Å². The Morgan fingerprint density at radius 3 is 2.74 bits per heavy atom. The van der Waals surface area contributed by atoms with Crippen molar-refractivity contribution in [2.75, 3.05) is 19.6 Å². The summed E-state index contributed by atoms with van der Waals surface area (Å²) in [5.74, 6) is 0.558. The molecule has 1 aliphatic heterocycles. The summed E-state index contributed by atoms with van der Waals surface area (Å²) >= 11 is 0. The van der Waals surface area contributed by atoms with Gasteiger partial charge in [-0.1, -0.05) is 0 Å². The maximum absolute atomic E-state index is 4.77. The van der Waals surface area contributed by atoms with E-state index in [-0.39, 0.29) is 0 Å². The normalized spacial score (nSPS) is 16.9. The molecule has 0 unspecified atom stereocenters. The summed E-state index contributed by atoms with van der Waals surface area (Å²) in [6.45, 7) is 4.30. The van der Waals surface area contributed by atoms with Gasteiger partial charge in [-0.05, 0) is 56.3 Å². The first-order valence-electron chi connectivity index (χ1n) is 8.30. The van der Waals surface area contributed by atoms with Crippen LogP contribution in [0.5, 0.6) is 0 Å². The molecule has 1 aliphatic rings. The standard InChI is InChI=1S/C18H21N5/c1-3-16-4-5-17(21-18(16)19-8-1)15-6-11-22(12-7-15)13-14-23-10-2-9-20-23/h1-5,8-10,15H,6-7,11-14H2. The van der Waals surface area contributed by atoms with E-state index in [0.717, 1.165) is 37.2 Å². The van der Waals surface area contributed by atoms with Crippen molar-refractivity contribution in [1.29, 1.82) is 0 Å². The second kappa shape index (κ2) is 6.46. The molecule has 1 saturated heterocycles. The Labute approximate surface area is 136 Å². The molecular formula is C18H21N5. The Balaban J connectivity index is 1.36. The lowest BCUT2D eigenvalue weighted by molar-refractivity contribution is 0.201. The summed E-state index contributed by atoms with van der Waals surface area (Å²) in [6, 6.07) is 10.3. The topological polar surface area (TPSA) is 46.8 Å². The third-order valence-corrected chi connectivity index (χ3v) is 4.70. The fourth-order valence-corrected chi connectivity index (χ4v) is 3.32. The molecule has 23 heavy (non-hydrogen) atoms. The zero-order valence-electron chi connectivity index (χ0n) is 13.2. The Kier molecular flexibility index (Phi) is 4.03. The first-order valence-corrected chi connectivity index (χ1v) is 8.30. The van der Waals surface area contributed by atoms with Gasteiger partial charge in [-0.3, -0.25) is 4.68 Å². The first kappa shape index (κ1) is 14.3. The predicted octanol–water partition coefficient (Wildman–Crippen LogP) is 2.71. The monoisotopic (exact) mass is 307 g/mol. The van der Waals surface area contributed by atoms with Crippen molar-refractivity contribution >= 4 is 11.0 Å². The van der Waals surface area contributed by atoms with E-state index in [4.69, 9.17) is 4.98 Å². The van der Waals surface area contributed by atoms with E-state index in [9.17, 15) is 0 Å². The number of pyridine rings is 2. The van der Waals surface area contributed by atoms with Crippen LogP contribution in [0.2, 0.25) is 0 Å². The van der Waals surface area contributed by atoms with Gasteiger partial charge in [-0.15, -0.1) is 0 Å². The third-order valence-electron chi connectivity index (χ3n) is 4.70. The van der Waals surface area contributed by atoms with Crippen LogP contribution in [-0.4, -0.2) is 44.3 Å². The zero-order valence-corrected chi connectivity index (χ0v) is 13.2. The molecule has 3 aromatic rings. The van der Waals surface area contributed by atoms with Crippen LogP contribution >= 0.6 is 0 Å². The molecule has 0 radical (unpaired) electrons. The quantitative estimate of drug-likeness (QED) is 0.743. The van der Waals surface area contributed by atoms with Crippen LogP contribution in [0.3, 0.4) is 0 Å². The molecule has 0 aliphatic carbocycles. The summed E-state index contributed by atoms with van der Waals surface area (Å²) in [5.41, 5.74) is 2.06. The first-order chi connectivity index (χ1) is 11.4. The molecule has 0 bridgehead atoms. The van der Waals surface area contributed by atoms with Crippen LogP contribution < -0.4 is 0 Å². The zero-order chi connectivity index (χ0) is 15.5. The van der Waals surface area contributed by atoms with Gasteiger partial charge in [0, 0.05) is 42.1 Å². The molecular weight excluding hydrogens is 286 g/mol. The molecule has 3 aromatic heterocycles. The number of fused-ring (bicyclic) bond motifs is 1. The summed E-state index contributed by atoms with van der Waals surface area (Å²) in [4.78, 5) is 11.7. The lowest BCUT2D eigenvalue weighted by Gasteiger charge is -2.31. The minimum Gasteiger partial charge on any atom is -0.301 e. The number of nitrogens with zero attached hydrogens (tertiary/aromatic N) is 5. The molecule has 4 heterocycles. The molecule has 4 rings (SSSR count). The maximum atomic E-state index is 4.77. The molecule has 0 N–H and O–H groups in total. The second-order valence-electron chi connectivity index (χ2n) is 6.17. The minimum absolute atomic E-state index is 0.558. The van der Waals surface area contributed by atoms with Gasteiger partial charge in [0.05, 0.1) is 6.54 Å². The molecule has 118 valence electrons. The van der Waals surface area contributed by atoms with Crippen molar-refractivity contribution in [2.24, 2.45) is 0 Å². The second-order valence-corrected chi connectivity index (χ2v) is 6.17. The predicted molar refractivity (Wildman–Crippen MR) is 90.2 cm³/mol. The van der Waals surface area contributed by atoms with Crippen LogP contribution in [0.4, 0.5) is 0 Å². The van der Waals surface area contributed by atoms with Crippen LogP contribution in [0.15, 0.2) is 48.9 Å². The highest BCUT2D eigenvalue weighted by atomic mass is 15.3. The number of hydrogen-bond donors (Lipinski definition) is 0. The lowest BCUT2D eigenvalue weighted by Crippen LogP contribution is -2.35. The van der Waals surface area contributed by atoms with Crippen molar-refractivity contribution in [1.82, 2.24) is 24.6 Å². The maximum Gasteiger partial charge on any atom is 0.159 e. The van der Waals surface area contributed by atoms with Gasteiger partial charge in [0.2, 0.25) is 0 Å². The van der Waals surface area contributed by atoms with E-state index < -0.39 is 0 Å². The number of likely N-dealkylation sites (tertiary alicyclic amines) is 1. The highest BCUT2D eigenvalue weighted by Gasteiger charge is 2.21. The van der Waals surface area contributed by atoms with Crippen LogP contribution in [0.25, 0.3) is 11.0 Å². The molecule has 0 spiro atoms. The summed E-state index contributed by atoms with van der Waals surface area (Å²) in [5, 5.41) is 5.38. The van der Waals surface area contributed by atoms with Gasteiger partial charge >= 0.3 is 0 Å². The average Bonchev–Trinajstić information content (AvgIpc) is 3.14. The van der Waals surface area contributed by atoms with Crippen molar-refractivity contribution < 1.29 is 0 Å². The Morgan fingerprint density at radius 2 is 1.91 bits per heavy atom. The van der Waals surface area contributed by atoms with E-state index in [1.807, 2.05) is 35.4 Å². The van der Waals surface area contributed by atoms with Gasteiger partial charge in [-0.25, -0.2) is 9.97 Å². The van der Waals surface area contributed by atoms with E-state index in [0.29, 0.717) is 5.92 Å². The van der Waals surface area contributed by atoms with E-state index in [1.54, 1.807) is 0 Å². The van der Waals surface area contributed by atoms with E-state index in [2.05, 4.69) is 33.2 Å². The number of aromatic nitrogens is 4. The van der Waals surface area contributed by atoms with Gasteiger partial charge in [0.25, 0.3) is 0 Å². The van der Waals surface area contributed by atoms with Gasteiger partial charge < -0.3 is 4.90 Å². The Morgan fingerprint density at radius 1 is 1.00 bits per heavy atom. The fourth-order valence-electron chi connectivity index (χ4n) is 3.32. The minimum atomic E-state index is 0.558. The molecule has 0 saturated carbocycles. The molecule has 5 nitrogen and oxygen atoms in total. The number of hydrogen-bond acceptors (Lipinski definition) is 4. The van der Waals surface area contributed by atoms with Crippen molar-refractivity contribution in [3.05, 3.63) is 54.6 Å². The third kappa shape index (κ3) is 3.24. The number of rotatable bonds is 4. The SMILES string of the molecule is c1cnc2nc(C3CCN(CCn4cccn4)CC3)ccc2c1. The van der Waals surface area contributed by atoms with Crippen LogP contribution in [0, 0.1) is 0 Å². The van der Waals surface area contributed by atoms with Crippen molar-refractivity contribution in [2.45, 2.75) is 25.3 Å². The molecule has 1 fully saturated rings. The number of piperidine rings is 1. The van der Waals surface area contributed by atoms with Crippen molar-refractivity contribution in [3.8, 4) is 0 Å².